The maximum Gasteiger partial charge on any atom is 0.209 e. The number of ether oxygens (including phenoxy) is 1. The van der Waals surface area contributed by atoms with E-state index in [-0.39, 0.29) is 12.4 Å². The predicted octanol–water partition coefficient (Wildman–Crippen LogP) is 3.06. The highest BCUT2D eigenvalue weighted by molar-refractivity contribution is 9.10. The van der Waals surface area contributed by atoms with Crippen molar-refractivity contribution in [2.45, 2.75) is 26.7 Å². The van der Waals surface area contributed by atoms with Gasteiger partial charge >= 0.3 is 0 Å². The van der Waals surface area contributed by atoms with Crippen molar-refractivity contribution in [3.8, 4) is 5.75 Å². The van der Waals surface area contributed by atoms with Gasteiger partial charge in [-0.1, -0.05) is 29.8 Å². The molecule has 0 spiro atoms. The second-order valence-electron chi connectivity index (χ2n) is 4.91. The Morgan fingerprint density at radius 3 is 2.35 bits per heavy atom. The summed E-state index contributed by atoms with van der Waals surface area (Å²) in [5.41, 5.74) is -0.563. The summed E-state index contributed by atoms with van der Waals surface area (Å²) >= 11 is 3.18. The molecule has 0 saturated heterocycles. The molecule has 0 amide bonds. The molecule has 0 bridgehead atoms. The number of halogens is 2. The van der Waals surface area contributed by atoms with Crippen molar-refractivity contribution in [2.75, 3.05) is 12.4 Å². The SMILES string of the molecule is CCC(CC)(COc1cc(F)cc(Br)c1)CS(N)(=O)=O. The molecule has 1 aromatic rings. The summed E-state index contributed by atoms with van der Waals surface area (Å²) in [6, 6.07) is 4.22. The monoisotopic (exact) mass is 367 g/mol. The Morgan fingerprint density at radius 1 is 1.30 bits per heavy atom. The van der Waals surface area contributed by atoms with Gasteiger partial charge in [0.25, 0.3) is 0 Å². The number of hydrogen-bond acceptors (Lipinski definition) is 3. The molecule has 0 radical (unpaired) electrons. The van der Waals surface area contributed by atoms with E-state index in [1.165, 1.54) is 12.1 Å². The Bertz CT molecular complexity index is 538. The van der Waals surface area contributed by atoms with E-state index in [2.05, 4.69) is 15.9 Å². The Balaban J connectivity index is 2.86. The van der Waals surface area contributed by atoms with Crippen LogP contribution in [0.5, 0.6) is 5.75 Å². The van der Waals surface area contributed by atoms with Crippen LogP contribution >= 0.6 is 15.9 Å². The van der Waals surface area contributed by atoms with Crippen LogP contribution in [0.2, 0.25) is 0 Å². The third kappa shape index (κ3) is 5.38. The first-order chi connectivity index (χ1) is 9.19. The van der Waals surface area contributed by atoms with Crippen LogP contribution in [0.15, 0.2) is 22.7 Å². The largest absolute Gasteiger partial charge is 0.493 e. The molecule has 1 aromatic carbocycles. The Labute approximate surface area is 127 Å². The van der Waals surface area contributed by atoms with Crippen molar-refractivity contribution in [1.29, 1.82) is 0 Å². The maximum absolute atomic E-state index is 13.3. The number of nitrogens with two attached hydrogens (primary N) is 1. The zero-order chi connectivity index (χ0) is 15.4. The molecule has 114 valence electrons. The smallest absolute Gasteiger partial charge is 0.209 e. The molecule has 0 aromatic heterocycles. The van der Waals surface area contributed by atoms with Crippen LogP contribution < -0.4 is 9.88 Å². The fourth-order valence-corrected chi connectivity index (χ4v) is 3.76. The van der Waals surface area contributed by atoms with E-state index in [4.69, 9.17) is 9.88 Å². The van der Waals surface area contributed by atoms with Gasteiger partial charge in [0.1, 0.15) is 11.6 Å². The van der Waals surface area contributed by atoms with Gasteiger partial charge in [0.05, 0.1) is 12.4 Å². The first kappa shape index (κ1) is 17.4. The third-order valence-electron chi connectivity index (χ3n) is 3.39. The number of primary sulfonamides is 1. The molecule has 4 nitrogen and oxygen atoms in total. The lowest BCUT2D eigenvalue weighted by Crippen LogP contribution is -2.37. The van der Waals surface area contributed by atoms with E-state index in [1.807, 2.05) is 13.8 Å². The van der Waals surface area contributed by atoms with Crippen molar-refractivity contribution in [3.05, 3.63) is 28.5 Å². The molecular formula is C13H19BrFNO3S. The minimum atomic E-state index is -3.59. The van der Waals surface area contributed by atoms with E-state index >= 15 is 0 Å². The first-order valence-corrected chi connectivity index (χ1v) is 8.80. The lowest BCUT2D eigenvalue weighted by atomic mass is 9.85. The fraction of sp³-hybridized carbons (Fsp3) is 0.538. The standard InChI is InChI=1S/C13H19BrFNO3S/c1-3-13(4-2,9-20(16,17)18)8-19-12-6-10(14)5-11(15)7-12/h5-7H,3-4,8-9H2,1-2H3,(H2,16,17,18). The normalized spacial score (nSPS) is 12.4. The molecule has 1 rings (SSSR count). The lowest BCUT2D eigenvalue weighted by molar-refractivity contribution is 0.154. The highest BCUT2D eigenvalue weighted by atomic mass is 79.9. The Hall–Kier alpha value is -0.660. The van der Waals surface area contributed by atoms with Crippen LogP contribution in [0.25, 0.3) is 0 Å². The topological polar surface area (TPSA) is 69.4 Å². The quantitative estimate of drug-likeness (QED) is 0.804. The van der Waals surface area contributed by atoms with E-state index in [1.54, 1.807) is 6.07 Å². The van der Waals surface area contributed by atoms with Crippen LogP contribution in [0.3, 0.4) is 0 Å². The number of benzene rings is 1. The summed E-state index contributed by atoms with van der Waals surface area (Å²) in [5, 5.41) is 5.14. The van der Waals surface area contributed by atoms with Gasteiger partial charge < -0.3 is 4.74 Å². The van der Waals surface area contributed by atoms with E-state index in [0.717, 1.165) is 0 Å². The zero-order valence-corrected chi connectivity index (χ0v) is 13.9. The van der Waals surface area contributed by atoms with Gasteiger partial charge in [-0.3, -0.25) is 0 Å². The molecule has 0 unspecified atom stereocenters. The van der Waals surface area contributed by atoms with E-state index in [9.17, 15) is 12.8 Å². The molecule has 0 aliphatic carbocycles. The van der Waals surface area contributed by atoms with Gasteiger partial charge in [-0.25, -0.2) is 17.9 Å². The minimum Gasteiger partial charge on any atom is -0.493 e. The van der Waals surface area contributed by atoms with Crippen LogP contribution in [-0.4, -0.2) is 20.8 Å². The summed E-state index contributed by atoms with van der Waals surface area (Å²) in [5.74, 6) is -0.208. The average molecular weight is 368 g/mol. The molecule has 0 saturated carbocycles. The number of sulfonamides is 1. The van der Waals surface area contributed by atoms with Crippen LogP contribution in [0.4, 0.5) is 4.39 Å². The predicted molar refractivity (Wildman–Crippen MR) is 80.6 cm³/mol. The Morgan fingerprint density at radius 2 is 1.90 bits per heavy atom. The summed E-state index contributed by atoms with van der Waals surface area (Å²) in [6.45, 7) is 3.95. The van der Waals surface area contributed by atoms with Crippen molar-refractivity contribution < 1.29 is 17.5 Å². The van der Waals surface area contributed by atoms with Crippen LogP contribution in [0, 0.1) is 11.2 Å². The van der Waals surface area contributed by atoms with Crippen LogP contribution in [0.1, 0.15) is 26.7 Å². The lowest BCUT2D eigenvalue weighted by Gasteiger charge is -2.30. The fourth-order valence-electron chi connectivity index (χ4n) is 1.97. The van der Waals surface area contributed by atoms with Gasteiger partial charge in [0, 0.05) is 16.0 Å². The summed E-state index contributed by atoms with van der Waals surface area (Å²) in [4.78, 5) is 0. The second-order valence-corrected chi connectivity index (χ2v) is 7.44. The summed E-state index contributed by atoms with van der Waals surface area (Å²) < 4.78 is 42.1. The number of rotatable bonds is 7. The van der Waals surface area contributed by atoms with Gasteiger partial charge in [-0.2, -0.15) is 0 Å². The van der Waals surface area contributed by atoms with Crippen molar-refractivity contribution in [3.63, 3.8) is 0 Å². The second kappa shape index (κ2) is 6.87. The van der Waals surface area contributed by atoms with Crippen LogP contribution in [-0.2, 0) is 10.0 Å². The van der Waals surface area contributed by atoms with Gasteiger partial charge in [-0.15, -0.1) is 0 Å². The van der Waals surface area contributed by atoms with Gasteiger partial charge in [0.2, 0.25) is 10.0 Å². The van der Waals surface area contributed by atoms with E-state index in [0.29, 0.717) is 23.1 Å². The van der Waals surface area contributed by atoms with Gasteiger partial charge in [0.15, 0.2) is 0 Å². The number of hydrogen-bond donors (Lipinski definition) is 1. The van der Waals surface area contributed by atoms with Crippen molar-refractivity contribution >= 4 is 26.0 Å². The van der Waals surface area contributed by atoms with Gasteiger partial charge in [-0.05, 0) is 25.0 Å². The Kier molecular flexibility index (Phi) is 5.97. The minimum absolute atomic E-state index is 0.149. The highest BCUT2D eigenvalue weighted by Gasteiger charge is 2.32. The molecule has 0 fully saturated rings. The molecule has 7 heteroatoms. The molecular weight excluding hydrogens is 349 g/mol. The molecule has 0 aliphatic rings. The van der Waals surface area contributed by atoms with Crippen molar-refractivity contribution in [1.82, 2.24) is 0 Å². The van der Waals surface area contributed by atoms with E-state index < -0.39 is 21.3 Å². The molecule has 20 heavy (non-hydrogen) atoms. The molecule has 2 N–H and O–H groups in total. The van der Waals surface area contributed by atoms with Crippen molar-refractivity contribution in [2.24, 2.45) is 10.6 Å². The molecule has 0 atom stereocenters. The molecule has 0 aliphatic heterocycles. The zero-order valence-electron chi connectivity index (χ0n) is 11.5. The summed E-state index contributed by atoms with van der Waals surface area (Å²) in [7, 11) is -3.59. The third-order valence-corrected chi connectivity index (χ3v) is 4.86. The highest BCUT2D eigenvalue weighted by Crippen LogP contribution is 2.30. The summed E-state index contributed by atoms with van der Waals surface area (Å²) in [6.07, 6.45) is 1.22. The maximum atomic E-state index is 13.3. The average Bonchev–Trinajstić information content (AvgIpc) is 2.32. The molecule has 0 heterocycles. The first-order valence-electron chi connectivity index (χ1n) is 6.29.